The predicted molar refractivity (Wildman–Crippen MR) is 114 cm³/mol. The average Bonchev–Trinajstić information content (AvgIpc) is 2.99. The van der Waals surface area contributed by atoms with Gasteiger partial charge in [-0.2, -0.15) is 5.26 Å². The van der Waals surface area contributed by atoms with Crippen LogP contribution in [0.1, 0.15) is 53.6 Å². The minimum atomic E-state index is -0.167. The smallest absolute Gasteiger partial charge is 0.251 e. The Hall–Kier alpha value is -3.33. The fourth-order valence-electron chi connectivity index (χ4n) is 3.49. The monoisotopic (exact) mass is 405 g/mol. The van der Waals surface area contributed by atoms with Crippen LogP contribution in [-0.2, 0) is 11.4 Å². The fraction of sp³-hybridized carbons (Fsp3) is 0.375. The van der Waals surface area contributed by atoms with Gasteiger partial charge in [-0.1, -0.05) is 30.7 Å². The van der Waals surface area contributed by atoms with Crippen molar-refractivity contribution >= 4 is 11.8 Å². The van der Waals surface area contributed by atoms with E-state index >= 15 is 0 Å². The lowest BCUT2D eigenvalue weighted by Crippen LogP contribution is -2.34. The Morgan fingerprint density at radius 3 is 2.87 bits per heavy atom. The van der Waals surface area contributed by atoms with Gasteiger partial charge in [-0.3, -0.25) is 9.59 Å². The molecule has 30 heavy (non-hydrogen) atoms. The van der Waals surface area contributed by atoms with E-state index in [1.54, 1.807) is 30.3 Å². The quantitative estimate of drug-likeness (QED) is 0.680. The van der Waals surface area contributed by atoms with Crippen LogP contribution in [-0.4, -0.2) is 36.3 Å². The Balaban J connectivity index is 1.47. The molecule has 2 aromatic rings. The summed E-state index contributed by atoms with van der Waals surface area (Å²) in [6.45, 7) is 2.28. The third-order valence-electron chi connectivity index (χ3n) is 5.19. The lowest BCUT2D eigenvalue weighted by molar-refractivity contribution is -0.130. The second-order valence-corrected chi connectivity index (χ2v) is 7.39. The Kier molecular flexibility index (Phi) is 7.85. The van der Waals surface area contributed by atoms with Gasteiger partial charge in [0.1, 0.15) is 12.4 Å². The average molecular weight is 405 g/mol. The van der Waals surface area contributed by atoms with Crippen LogP contribution in [0.3, 0.4) is 0 Å². The van der Waals surface area contributed by atoms with Crippen LogP contribution in [0.15, 0.2) is 48.5 Å². The van der Waals surface area contributed by atoms with E-state index in [4.69, 9.17) is 10.00 Å². The molecule has 1 N–H and O–H groups in total. The van der Waals surface area contributed by atoms with Crippen molar-refractivity contribution in [3.8, 4) is 11.8 Å². The Morgan fingerprint density at radius 1 is 1.13 bits per heavy atom. The van der Waals surface area contributed by atoms with Crippen LogP contribution >= 0.6 is 0 Å². The van der Waals surface area contributed by atoms with Crippen molar-refractivity contribution < 1.29 is 14.3 Å². The molecule has 0 atom stereocenters. The van der Waals surface area contributed by atoms with Gasteiger partial charge in [-0.05, 0) is 43.5 Å². The van der Waals surface area contributed by atoms with E-state index in [9.17, 15) is 9.59 Å². The van der Waals surface area contributed by atoms with E-state index in [0.717, 1.165) is 37.8 Å². The number of likely N-dealkylation sites (tertiary alicyclic amines) is 1. The van der Waals surface area contributed by atoms with Gasteiger partial charge in [0.2, 0.25) is 5.91 Å². The summed E-state index contributed by atoms with van der Waals surface area (Å²) in [4.78, 5) is 26.4. The minimum absolute atomic E-state index is 0.167. The molecule has 0 bridgehead atoms. The number of nitrogens with zero attached hydrogens (tertiary/aromatic N) is 2. The molecule has 6 nitrogen and oxygen atoms in total. The third-order valence-corrected chi connectivity index (χ3v) is 5.19. The molecule has 3 rings (SSSR count). The van der Waals surface area contributed by atoms with Crippen molar-refractivity contribution in [2.75, 3.05) is 19.6 Å². The van der Waals surface area contributed by atoms with Crippen molar-refractivity contribution in [3.63, 3.8) is 0 Å². The number of benzene rings is 2. The number of rotatable bonds is 8. The lowest BCUT2D eigenvalue weighted by atomic mass is 10.1. The first-order chi connectivity index (χ1) is 14.7. The second kappa shape index (κ2) is 11.0. The summed E-state index contributed by atoms with van der Waals surface area (Å²) in [7, 11) is 0. The maximum atomic E-state index is 12.5. The zero-order valence-corrected chi connectivity index (χ0v) is 17.1. The van der Waals surface area contributed by atoms with Crippen LogP contribution in [0.25, 0.3) is 0 Å². The highest BCUT2D eigenvalue weighted by molar-refractivity contribution is 5.94. The Bertz CT molecular complexity index is 920. The van der Waals surface area contributed by atoms with Gasteiger partial charge in [0, 0.05) is 37.2 Å². The summed E-state index contributed by atoms with van der Waals surface area (Å²) in [5.41, 5.74) is 1.90. The van der Waals surface area contributed by atoms with Crippen LogP contribution in [0, 0.1) is 11.3 Å². The molecule has 6 heteroatoms. The van der Waals surface area contributed by atoms with Gasteiger partial charge in [0.05, 0.1) is 11.6 Å². The molecule has 0 radical (unpaired) electrons. The highest BCUT2D eigenvalue weighted by atomic mass is 16.5. The normalized spacial score (nSPS) is 14.0. The number of hydrogen-bond donors (Lipinski definition) is 1. The van der Waals surface area contributed by atoms with Gasteiger partial charge >= 0.3 is 0 Å². The lowest BCUT2D eigenvalue weighted by Gasteiger charge is -2.20. The fourth-order valence-corrected chi connectivity index (χ4v) is 3.49. The number of carbonyl (C=O) groups excluding carboxylic acids is 2. The minimum Gasteiger partial charge on any atom is -0.489 e. The van der Waals surface area contributed by atoms with Crippen molar-refractivity contribution in [1.82, 2.24) is 10.2 Å². The van der Waals surface area contributed by atoms with Crippen molar-refractivity contribution in [3.05, 3.63) is 65.2 Å². The Labute approximate surface area is 177 Å². The van der Waals surface area contributed by atoms with Crippen molar-refractivity contribution in [1.29, 1.82) is 5.26 Å². The topological polar surface area (TPSA) is 82.4 Å². The molecule has 1 aliphatic rings. The number of ether oxygens (including phenoxy) is 1. The zero-order valence-electron chi connectivity index (χ0n) is 17.1. The molecular weight excluding hydrogens is 378 g/mol. The predicted octanol–water partition coefficient (Wildman–Crippen LogP) is 3.66. The maximum absolute atomic E-state index is 12.5. The van der Waals surface area contributed by atoms with Gasteiger partial charge in [0.15, 0.2) is 0 Å². The standard InChI is InChI=1S/C24H27N3O3/c25-17-20-8-3-4-9-21(20)18-30-22-11-6-10-19(16-22)24(29)26-13-7-15-27-14-5-1-2-12-23(27)28/h3-4,6,8-11,16H,1-2,5,7,12-15,18H2,(H,26,29). The van der Waals surface area contributed by atoms with Crippen molar-refractivity contribution in [2.45, 2.75) is 38.7 Å². The summed E-state index contributed by atoms with van der Waals surface area (Å²) in [6, 6.07) is 16.4. The first kappa shape index (κ1) is 21.4. The molecule has 0 aliphatic carbocycles. The van der Waals surface area contributed by atoms with Gasteiger partial charge in [-0.15, -0.1) is 0 Å². The van der Waals surface area contributed by atoms with Crippen LogP contribution in [0.2, 0.25) is 0 Å². The first-order valence-electron chi connectivity index (χ1n) is 10.4. The molecule has 0 unspecified atom stereocenters. The molecule has 1 fully saturated rings. The molecule has 0 aromatic heterocycles. The number of nitriles is 1. The molecule has 0 saturated carbocycles. The molecule has 0 spiro atoms. The van der Waals surface area contributed by atoms with E-state index in [2.05, 4.69) is 11.4 Å². The summed E-state index contributed by atoms with van der Waals surface area (Å²) >= 11 is 0. The summed E-state index contributed by atoms with van der Waals surface area (Å²) in [6.07, 6.45) is 4.52. The number of carbonyl (C=O) groups is 2. The molecule has 1 saturated heterocycles. The van der Waals surface area contributed by atoms with Gasteiger partial charge in [0.25, 0.3) is 5.91 Å². The zero-order chi connectivity index (χ0) is 21.2. The Morgan fingerprint density at radius 2 is 2.00 bits per heavy atom. The third kappa shape index (κ3) is 6.08. The molecule has 156 valence electrons. The first-order valence-corrected chi connectivity index (χ1v) is 10.4. The number of hydrogen-bond acceptors (Lipinski definition) is 4. The number of nitrogens with one attached hydrogen (secondary N) is 1. The molecule has 2 amide bonds. The molecule has 1 heterocycles. The van der Waals surface area contributed by atoms with Crippen LogP contribution < -0.4 is 10.1 Å². The molecular formula is C24H27N3O3. The van der Waals surface area contributed by atoms with E-state index < -0.39 is 0 Å². The highest BCUT2D eigenvalue weighted by Crippen LogP contribution is 2.17. The van der Waals surface area contributed by atoms with E-state index in [0.29, 0.717) is 36.4 Å². The summed E-state index contributed by atoms with van der Waals surface area (Å²) < 4.78 is 5.78. The van der Waals surface area contributed by atoms with E-state index in [-0.39, 0.29) is 18.4 Å². The highest BCUT2D eigenvalue weighted by Gasteiger charge is 2.16. The van der Waals surface area contributed by atoms with Crippen LogP contribution in [0.5, 0.6) is 5.75 Å². The SMILES string of the molecule is N#Cc1ccccc1COc1cccc(C(=O)NCCCN2CCCCCC2=O)c1. The second-order valence-electron chi connectivity index (χ2n) is 7.39. The number of amides is 2. The van der Waals surface area contributed by atoms with Crippen molar-refractivity contribution in [2.24, 2.45) is 0 Å². The summed E-state index contributed by atoms with van der Waals surface area (Å²) in [5, 5.41) is 12.1. The van der Waals surface area contributed by atoms with E-state index in [1.807, 2.05) is 23.1 Å². The maximum Gasteiger partial charge on any atom is 0.251 e. The van der Waals surface area contributed by atoms with Crippen LogP contribution in [0.4, 0.5) is 0 Å². The van der Waals surface area contributed by atoms with E-state index in [1.165, 1.54) is 0 Å². The molecule has 1 aliphatic heterocycles. The summed E-state index contributed by atoms with van der Waals surface area (Å²) in [5.74, 6) is 0.632. The molecule has 2 aromatic carbocycles. The van der Waals surface area contributed by atoms with Gasteiger partial charge < -0.3 is 15.0 Å². The largest absolute Gasteiger partial charge is 0.489 e. The van der Waals surface area contributed by atoms with Gasteiger partial charge in [-0.25, -0.2) is 0 Å².